The van der Waals surface area contributed by atoms with Crippen molar-refractivity contribution in [1.82, 2.24) is 24.5 Å². The van der Waals surface area contributed by atoms with Gasteiger partial charge in [0.1, 0.15) is 0 Å². The van der Waals surface area contributed by atoms with E-state index in [1.165, 1.54) is 0 Å². The first-order valence-electron chi connectivity index (χ1n) is 6.35. The minimum Gasteiger partial charge on any atom is -0.339 e. The minimum absolute atomic E-state index is 0.170. The number of nitrogens with zero attached hydrogens (tertiary/aromatic N) is 5. The molecule has 102 valence electrons. The molecule has 2 aromatic rings. The van der Waals surface area contributed by atoms with Gasteiger partial charge in [-0.25, -0.2) is 9.50 Å². The fraction of sp³-hybridized carbons (Fsp3) is 0.538. The fourth-order valence-corrected chi connectivity index (χ4v) is 2.06. The molecule has 0 aliphatic carbocycles. The van der Waals surface area contributed by atoms with Crippen LogP contribution in [-0.4, -0.2) is 44.0 Å². The van der Waals surface area contributed by atoms with Gasteiger partial charge in [-0.1, -0.05) is 13.8 Å². The van der Waals surface area contributed by atoms with Crippen LogP contribution in [0.1, 0.15) is 35.9 Å². The summed E-state index contributed by atoms with van der Waals surface area (Å²) in [5, 5.41) is 4.23. The first-order valence-corrected chi connectivity index (χ1v) is 6.35. The molecular weight excluding hydrogens is 242 g/mol. The van der Waals surface area contributed by atoms with E-state index < -0.39 is 0 Å². The minimum atomic E-state index is -0.170. The Morgan fingerprint density at radius 1 is 1.37 bits per heavy atom. The lowest BCUT2D eigenvalue weighted by Crippen LogP contribution is -2.31. The van der Waals surface area contributed by atoms with E-state index in [0.29, 0.717) is 18.2 Å². The number of hydrogen-bond acceptors (Lipinski definition) is 4. The molecule has 0 N–H and O–H groups in total. The second kappa shape index (κ2) is 4.95. The SMILES string of the molecule is Cc1cc(C)n2nc(C(=O)N(C)CC(C)C)nc2n1. The van der Waals surface area contributed by atoms with Crippen molar-refractivity contribution < 1.29 is 4.79 Å². The topological polar surface area (TPSA) is 63.4 Å². The van der Waals surface area contributed by atoms with Crippen LogP contribution in [0.5, 0.6) is 0 Å². The largest absolute Gasteiger partial charge is 0.339 e. The van der Waals surface area contributed by atoms with Crippen molar-refractivity contribution in [2.75, 3.05) is 13.6 Å². The molecule has 2 heterocycles. The Morgan fingerprint density at radius 2 is 2.05 bits per heavy atom. The highest BCUT2D eigenvalue weighted by Crippen LogP contribution is 2.07. The second-order valence-corrected chi connectivity index (χ2v) is 5.27. The molecule has 1 amide bonds. The van der Waals surface area contributed by atoms with Crippen molar-refractivity contribution in [3.8, 4) is 0 Å². The van der Waals surface area contributed by atoms with Crippen molar-refractivity contribution in [2.45, 2.75) is 27.7 Å². The number of amides is 1. The maximum Gasteiger partial charge on any atom is 0.293 e. The molecule has 0 aliphatic heterocycles. The van der Waals surface area contributed by atoms with Gasteiger partial charge in [0.15, 0.2) is 0 Å². The Kier molecular flexibility index (Phi) is 3.50. The predicted octanol–water partition coefficient (Wildman–Crippen LogP) is 1.47. The maximum atomic E-state index is 12.2. The van der Waals surface area contributed by atoms with E-state index in [9.17, 15) is 4.79 Å². The Bertz CT molecular complexity index is 617. The lowest BCUT2D eigenvalue weighted by Gasteiger charge is -2.17. The molecule has 0 aromatic carbocycles. The van der Waals surface area contributed by atoms with E-state index in [4.69, 9.17) is 0 Å². The van der Waals surface area contributed by atoms with Crippen LogP contribution >= 0.6 is 0 Å². The van der Waals surface area contributed by atoms with Crippen LogP contribution in [-0.2, 0) is 0 Å². The molecule has 0 aliphatic rings. The lowest BCUT2D eigenvalue weighted by atomic mass is 10.2. The second-order valence-electron chi connectivity index (χ2n) is 5.27. The molecule has 0 saturated heterocycles. The molecule has 6 nitrogen and oxygen atoms in total. The normalized spacial score (nSPS) is 11.3. The summed E-state index contributed by atoms with van der Waals surface area (Å²) < 4.78 is 1.60. The van der Waals surface area contributed by atoms with E-state index >= 15 is 0 Å². The van der Waals surface area contributed by atoms with Gasteiger partial charge in [-0.2, -0.15) is 4.98 Å². The summed E-state index contributed by atoms with van der Waals surface area (Å²) in [5.41, 5.74) is 1.78. The Balaban J connectivity index is 2.36. The molecule has 0 unspecified atom stereocenters. The summed E-state index contributed by atoms with van der Waals surface area (Å²) >= 11 is 0. The van der Waals surface area contributed by atoms with E-state index in [2.05, 4.69) is 28.9 Å². The molecule has 0 saturated carbocycles. The van der Waals surface area contributed by atoms with Gasteiger partial charge in [-0.3, -0.25) is 4.79 Å². The predicted molar refractivity (Wildman–Crippen MR) is 72.1 cm³/mol. The highest BCUT2D eigenvalue weighted by Gasteiger charge is 2.19. The zero-order valence-electron chi connectivity index (χ0n) is 12.0. The molecule has 6 heteroatoms. The van der Waals surface area contributed by atoms with Crippen molar-refractivity contribution in [3.63, 3.8) is 0 Å². The molecule has 0 bridgehead atoms. The number of carbonyl (C=O) groups excluding carboxylic acids is 1. The van der Waals surface area contributed by atoms with Crippen LogP contribution in [0.2, 0.25) is 0 Å². The number of aromatic nitrogens is 4. The molecule has 0 radical (unpaired) electrons. The molecule has 0 spiro atoms. The van der Waals surface area contributed by atoms with Crippen LogP contribution in [0, 0.1) is 19.8 Å². The zero-order chi connectivity index (χ0) is 14.2. The van der Waals surface area contributed by atoms with Crippen molar-refractivity contribution >= 4 is 11.7 Å². The summed E-state index contributed by atoms with van der Waals surface area (Å²) in [5.74, 6) is 0.910. The maximum absolute atomic E-state index is 12.2. The summed E-state index contributed by atoms with van der Waals surface area (Å²) in [4.78, 5) is 22.3. The summed E-state index contributed by atoms with van der Waals surface area (Å²) in [6.07, 6.45) is 0. The molecule has 19 heavy (non-hydrogen) atoms. The fourth-order valence-electron chi connectivity index (χ4n) is 2.06. The molecule has 0 atom stereocenters. The molecular formula is C13H19N5O. The highest BCUT2D eigenvalue weighted by molar-refractivity contribution is 5.90. The van der Waals surface area contributed by atoms with Crippen LogP contribution < -0.4 is 0 Å². The van der Waals surface area contributed by atoms with Gasteiger partial charge in [-0.15, -0.1) is 5.10 Å². The van der Waals surface area contributed by atoms with Crippen molar-refractivity contribution in [3.05, 3.63) is 23.3 Å². The van der Waals surface area contributed by atoms with Gasteiger partial charge >= 0.3 is 0 Å². The molecule has 2 aromatic heterocycles. The number of fused-ring (bicyclic) bond motifs is 1. The average molecular weight is 261 g/mol. The third-order valence-corrected chi connectivity index (χ3v) is 2.80. The van der Waals surface area contributed by atoms with Gasteiger partial charge in [0.25, 0.3) is 11.7 Å². The molecule has 2 rings (SSSR count). The number of rotatable bonds is 3. The summed E-state index contributed by atoms with van der Waals surface area (Å²) in [7, 11) is 1.76. The van der Waals surface area contributed by atoms with Gasteiger partial charge in [0.2, 0.25) is 5.82 Å². The number of aryl methyl sites for hydroxylation is 2. The van der Waals surface area contributed by atoms with E-state index in [1.807, 2.05) is 19.9 Å². The smallest absolute Gasteiger partial charge is 0.293 e. The van der Waals surface area contributed by atoms with E-state index in [-0.39, 0.29) is 11.7 Å². The van der Waals surface area contributed by atoms with Crippen molar-refractivity contribution in [2.24, 2.45) is 5.92 Å². The first kappa shape index (κ1) is 13.5. The molecule has 0 fully saturated rings. The summed E-state index contributed by atoms with van der Waals surface area (Å²) in [6.45, 7) is 8.63. The summed E-state index contributed by atoms with van der Waals surface area (Å²) in [6, 6.07) is 1.91. The standard InChI is InChI=1S/C13H19N5O/c1-8(2)7-17(5)12(19)11-15-13-14-9(3)6-10(4)18(13)16-11/h6,8H,7H2,1-5H3. The number of hydrogen-bond donors (Lipinski definition) is 0. The van der Waals surface area contributed by atoms with Crippen LogP contribution in [0.15, 0.2) is 6.07 Å². The van der Waals surface area contributed by atoms with E-state index in [1.54, 1.807) is 16.5 Å². The zero-order valence-corrected chi connectivity index (χ0v) is 12.0. The van der Waals surface area contributed by atoms with Crippen molar-refractivity contribution in [1.29, 1.82) is 0 Å². The van der Waals surface area contributed by atoms with Crippen LogP contribution in [0.25, 0.3) is 5.78 Å². The Hall–Kier alpha value is -1.98. The lowest BCUT2D eigenvalue weighted by molar-refractivity contribution is 0.0767. The van der Waals surface area contributed by atoms with Crippen LogP contribution in [0.3, 0.4) is 0 Å². The monoisotopic (exact) mass is 261 g/mol. The third kappa shape index (κ3) is 2.72. The van der Waals surface area contributed by atoms with E-state index in [0.717, 1.165) is 11.4 Å². The van der Waals surface area contributed by atoms with Crippen LogP contribution in [0.4, 0.5) is 0 Å². The first-order chi connectivity index (χ1) is 8.88. The quantitative estimate of drug-likeness (QED) is 0.839. The van der Waals surface area contributed by atoms with Gasteiger partial charge in [0, 0.05) is 25.0 Å². The average Bonchev–Trinajstić information content (AvgIpc) is 2.70. The van der Waals surface area contributed by atoms with Gasteiger partial charge in [-0.05, 0) is 25.8 Å². The Morgan fingerprint density at radius 3 is 2.68 bits per heavy atom. The number of carbonyl (C=O) groups is 1. The third-order valence-electron chi connectivity index (χ3n) is 2.80. The highest BCUT2D eigenvalue weighted by atomic mass is 16.2. The Labute approximate surface area is 112 Å². The van der Waals surface area contributed by atoms with Gasteiger partial charge < -0.3 is 4.90 Å². The van der Waals surface area contributed by atoms with Gasteiger partial charge in [0.05, 0.1) is 0 Å².